The monoisotopic (exact) mass is 157 g/mol. The Morgan fingerprint density at radius 1 is 1.18 bits per heavy atom. The summed E-state index contributed by atoms with van der Waals surface area (Å²) in [6.07, 6.45) is 4.94. The van der Waals surface area contributed by atoms with Gasteiger partial charge in [-0.3, -0.25) is 0 Å². The van der Waals surface area contributed by atoms with Gasteiger partial charge in [0.2, 0.25) is 0 Å². The van der Waals surface area contributed by atoms with E-state index in [-0.39, 0.29) is 5.60 Å². The van der Waals surface area contributed by atoms with Gasteiger partial charge in [0.05, 0.1) is 5.60 Å². The van der Waals surface area contributed by atoms with Gasteiger partial charge in [-0.1, -0.05) is 0 Å². The first-order valence-corrected chi connectivity index (χ1v) is 4.53. The second-order valence-electron chi connectivity index (χ2n) is 3.61. The van der Waals surface area contributed by atoms with E-state index in [4.69, 9.17) is 4.74 Å². The van der Waals surface area contributed by atoms with Crippen LogP contribution >= 0.6 is 0 Å². The van der Waals surface area contributed by atoms with Crippen LogP contribution in [0.2, 0.25) is 0 Å². The molecule has 1 heterocycles. The van der Waals surface area contributed by atoms with E-state index in [1.807, 2.05) is 7.11 Å². The van der Waals surface area contributed by atoms with E-state index in [0.29, 0.717) is 0 Å². The Bertz CT molecular complexity index is 106. The van der Waals surface area contributed by atoms with Crippen LogP contribution in [0.4, 0.5) is 0 Å². The number of methoxy groups -OCH3 is 1. The van der Waals surface area contributed by atoms with Crippen LogP contribution in [0.5, 0.6) is 0 Å². The lowest BCUT2D eigenvalue weighted by molar-refractivity contribution is -0.0121. The van der Waals surface area contributed by atoms with Gasteiger partial charge < -0.3 is 10.1 Å². The van der Waals surface area contributed by atoms with Crippen molar-refractivity contribution in [1.82, 2.24) is 5.32 Å². The molecular formula is C9H19NO. The molecule has 0 aromatic rings. The van der Waals surface area contributed by atoms with Crippen molar-refractivity contribution in [3.8, 4) is 0 Å². The topological polar surface area (TPSA) is 21.3 Å². The predicted molar refractivity (Wildman–Crippen MR) is 46.8 cm³/mol. The zero-order chi connectivity index (χ0) is 8.16. The second kappa shape index (κ2) is 4.07. The molecule has 0 aromatic heterocycles. The third-order valence-electron chi connectivity index (χ3n) is 2.63. The van der Waals surface area contributed by atoms with Crippen LogP contribution in [0.15, 0.2) is 0 Å². The maximum absolute atomic E-state index is 5.47. The molecule has 2 heteroatoms. The van der Waals surface area contributed by atoms with Gasteiger partial charge >= 0.3 is 0 Å². The van der Waals surface area contributed by atoms with Gasteiger partial charge in [0, 0.05) is 7.11 Å². The summed E-state index contributed by atoms with van der Waals surface area (Å²) in [5.41, 5.74) is 0.132. The van der Waals surface area contributed by atoms with Gasteiger partial charge in [-0.25, -0.2) is 0 Å². The van der Waals surface area contributed by atoms with Crippen LogP contribution in [-0.4, -0.2) is 25.8 Å². The smallest absolute Gasteiger partial charge is 0.0662 e. The van der Waals surface area contributed by atoms with Gasteiger partial charge in [0.15, 0.2) is 0 Å². The fraction of sp³-hybridized carbons (Fsp3) is 1.00. The molecule has 11 heavy (non-hydrogen) atoms. The van der Waals surface area contributed by atoms with Crippen molar-refractivity contribution in [1.29, 1.82) is 0 Å². The molecule has 1 aliphatic rings. The summed E-state index contributed by atoms with van der Waals surface area (Å²) in [4.78, 5) is 0. The molecule has 0 saturated carbocycles. The highest BCUT2D eigenvalue weighted by Gasteiger charge is 2.23. The lowest BCUT2D eigenvalue weighted by atomic mass is 9.93. The van der Waals surface area contributed by atoms with Gasteiger partial charge in [-0.2, -0.15) is 0 Å². The molecule has 2 nitrogen and oxygen atoms in total. The predicted octanol–water partition coefficient (Wildman–Crippen LogP) is 1.56. The van der Waals surface area contributed by atoms with Crippen molar-refractivity contribution in [2.75, 3.05) is 20.2 Å². The highest BCUT2D eigenvalue weighted by Crippen LogP contribution is 2.22. The molecule has 0 spiro atoms. The Kier molecular flexibility index (Phi) is 3.34. The summed E-state index contributed by atoms with van der Waals surface area (Å²) in [5, 5.41) is 3.40. The minimum Gasteiger partial charge on any atom is -0.378 e. The van der Waals surface area contributed by atoms with E-state index in [9.17, 15) is 0 Å². The van der Waals surface area contributed by atoms with Crippen molar-refractivity contribution >= 4 is 0 Å². The Balaban J connectivity index is 2.37. The summed E-state index contributed by atoms with van der Waals surface area (Å²) in [6.45, 7) is 4.49. The highest BCUT2D eigenvalue weighted by atomic mass is 16.5. The molecule has 1 atom stereocenters. The average molecular weight is 157 g/mol. The lowest BCUT2D eigenvalue weighted by Crippen LogP contribution is -2.34. The van der Waals surface area contributed by atoms with E-state index in [0.717, 1.165) is 13.0 Å². The minimum absolute atomic E-state index is 0.132. The molecule has 1 fully saturated rings. The van der Waals surface area contributed by atoms with Gasteiger partial charge in [-0.15, -0.1) is 0 Å². The van der Waals surface area contributed by atoms with E-state index >= 15 is 0 Å². The van der Waals surface area contributed by atoms with Gasteiger partial charge in [0.25, 0.3) is 0 Å². The zero-order valence-corrected chi connectivity index (χ0v) is 7.65. The fourth-order valence-corrected chi connectivity index (χ4v) is 1.56. The average Bonchev–Trinajstić information content (AvgIpc) is 1.98. The van der Waals surface area contributed by atoms with Crippen molar-refractivity contribution in [3.05, 3.63) is 0 Å². The zero-order valence-electron chi connectivity index (χ0n) is 7.65. The first-order chi connectivity index (χ1) is 5.27. The maximum atomic E-state index is 5.47. The third kappa shape index (κ3) is 2.80. The van der Waals surface area contributed by atoms with Crippen molar-refractivity contribution in [2.45, 2.75) is 38.2 Å². The van der Waals surface area contributed by atoms with E-state index in [1.165, 1.54) is 25.8 Å². The molecule has 0 radical (unpaired) electrons. The largest absolute Gasteiger partial charge is 0.378 e. The summed E-state index contributed by atoms with van der Waals surface area (Å²) < 4.78 is 5.47. The standard InChI is InChI=1S/C9H19NO/c1-9(11-2)5-3-4-7-10-8-6-9/h10H,3-8H2,1-2H3. The van der Waals surface area contributed by atoms with Gasteiger partial charge in [-0.05, 0) is 45.7 Å². The molecule has 0 aromatic carbocycles. The number of ether oxygens (including phenoxy) is 1. The van der Waals surface area contributed by atoms with E-state index < -0.39 is 0 Å². The minimum atomic E-state index is 0.132. The summed E-state index contributed by atoms with van der Waals surface area (Å²) >= 11 is 0. The van der Waals surface area contributed by atoms with Crippen molar-refractivity contribution in [3.63, 3.8) is 0 Å². The van der Waals surface area contributed by atoms with Crippen molar-refractivity contribution < 1.29 is 4.74 Å². The first-order valence-electron chi connectivity index (χ1n) is 4.53. The molecule has 1 aliphatic heterocycles. The van der Waals surface area contributed by atoms with Crippen LogP contribution in [0.3, 0.4) is 0 Å². The molecule has 1 rings (SSSR count). The first kappa shape index (κ1) is 9.01. The molecular weight excluding hydrogens is 138 g/mol. The number of rotatable bonds is 1. The Morgan fingerprint density at radius 2 is 2.00 bits per heavy atom. The summed E-state index contributed by atoms with van der Waals surface area (Å²) in [5.74, 6) is 0. The third-order valence-corrected chi connectivity index (χ3v) is 2.63. The van der Waals surface area contributed by atoms with Crippen molar-refractivity contribution in [2.24, 2.45) is 0 Å². The molecule has 1 saturated heterocycles. The normalized spacial score (nSPS) is 34.4. The Labute approximate surface area is 69.3 Å². The van der Waals surface area contributed by atoms with Crippen LogP contribution in [-0.2, 0) is 4.74 Å². The molecule has 66 valence electrons. The molecule has 0 bridgehead atoms. The van der Waals surface area contributed by atoms with E-state index in [2.05, 4.69) is 12.2 Å². The molecule has 1 N–H and O–H groups in total. The molecule has 0 amide bonds. The molecule has 1 unspecified atom stereocenters. The maximum Gasteiger partial charge on any atom is 0.0662 e. The number of hydrogen-bond donors (Lipinski definition) is 1. The van der Waals surface area contributed by atoms with E-state index in [1.54, 1.807) is 0 Å². The SMILES string of the molecule is COC1(C)CCCCNCC1. The summed E-state index contributed by atoms with van der Waals surface area (Å²) in [7, 11) is 1.82. The summed E-state index contributed by atoms with van der Waals surface area (Å²) in [6, 6.07) is 0. The van der Waals surface area contributed by atoms with Crippen LogP contribution < -0.4 is 5.32 Å². The van der Waals surface area contributed by atoms with Crippen LogP contribution in [0.1, 0.15) is 32.6 Å². The number of hydrogen-bond acceptors (Lipinski definition) is 2. The van der Waals surface area contributed by atoms with Gasteiger partial charge in [0.1, 0.15) is 0 Å². The van der Waals surface area contributed by atoms with Crippen LogP contribution in [0.25, 0.3) is 0 Å². The Hall–Kier alpha value is -0.0800. The Morgan fingerprint density at radius 3 is 2.73 bits per heavy atom. The quantitative estimate of drug-likeness (QED) is 0.623. The number of nitrogens with one attached hydrogen (secondary N) is 1. The lowest BCUT2D eigenvalue weighted by Gasteiger charge is -2.30. The highest BCUT2D eigenvalue weighted by molar-refractivity contribution is 4.77. The second-order valence-corrected chi connectivity index (χ2v) is 3.61. The fourth-order valence-electron chi connectivity index (χ4n) is 1.56. The molecule has 0 aliphatic carbocycles. The van der Waals surface area contributed by atoms with Crippen LogP contribution in [0, 0.1) is 0 Å².